The van der Waals surface area contributed by atoms with Crippen molar-refractivity contribution >= 4 is 161 Å². The quantitative estimate of drug-likeness (QED) is 0.0285. The lowest BCUT2D eigenvalue weighted by Crippen LogP contribution is -2.09. The summed E-state index contributed by atoms with van der Waals surface area (Å²) >= 11 is 0. The van der Waals surface area contributed by atoms with Gasteiger partial charge in [0.2, 0.25) is 0 Å². The van der Waals surface area contributed by atoms with Crippen LogP contribution in [-0.2, 0) is 0 Å². The first-order chi connectivity index (χ1) is 74.2. The number of hydrogen-bond acceptors (Lipinski definition) is 4. The van der Waals surface area contributed by atoms with Crippen molar-refractivity contribution in [1.82, 2.24) is 0 Å². The molecule has 18 aromatic rings. The van der Waals surface area contributed by atoms with E-state index in [-0.39, 0.29) is 0 Å². The van der Waals surface area contributed by atoms with Gasteiger partial charge in [-0.1, -0.05) is 582 Å². The fourth-order valence-corrected chi connectivity index (χ4v) is 16.3. The number of allylic oxidation sites excluding steroid dienone is 18. The van der Waals surface area contributed by atoms with Crippen molar-refractivity contribution in [3.63, 3.8) is 0 Å². The van der Waals surface area contributed by atoms with Gasteiger partial charge < -0.3 is 19.4 Å². The minimum absolute atomic E-state index is 0.850. The third-order valence-corrected chi connectivity index (χ3v) is 24.3. The van der Waals surface area contributed by atoms with E-state index in [1.54, 1.807) is 7.11 Å². The maximum absolute atomic E-state index is 5.34. The lowest BCUT2D eigenvalue weighted by Gasteiger charge is -2.26. The predicted octanol–water partition coefficient (Wildman–Crippen LogP) is 40.3. The van der Waals surface area contributed by atoms with Gasteiger partial charge in [-0.3, -0.25) is 0 Å². The summed E-state index contributed by atoms with van der Waals surface area (Å²) in [6.45, 7) is 2.11. The molecule has 0 aromatic heterocycles. The monoisotopic (exact) mass is 1930 g/mol. The SMILES string of the molecule is C(/C=C/c1ccc(N(c2ccc(/C=C/C=C/c3ccccc3)cc2)c2ccc(/C=C/c3ccccc3)cc2)cc1)=C\c1ccccc1.COc1cccc(/C=C/C=C/c2ccc(N(c3ccc(/C=C/C=C/C=C/c4ccccc4)cc3)c3ccc(/C=C/C=C/C=C/c4ccccc4)cc3)cc2)c1.Cc1ccc(/C=C/c2ccc(N(c3ccc(/C=C/C=C/c4ccccc4)cc3)c3ccc(/C=C/C=C/c4ccccc4)cc3)cc2)cc1. The van der Waals surface area contributed by atoms with Crippen molar-refractivity contribution in [3.05, 3.63) is 694 Å². The highest BCUT2D eigenvalue weighted by Crippen LogP contribution is 2.40. The first kappa shape index (κ1) is 103. The van der Waals surface area contributed by atoms with E-state index in [0.29, 0.717) is 0 Å². The highest BCUT2D eigenvalue weighted by Gasteiger charge is 2.17. The number of methoxy groups -OCH3 is 1. The normalized spacial score (nSPS) is 12.0. The first-order valence-corrected chi connectivity index (χ1v) is 50.7. The second-order valence-electron chi connectivity index (χ2n) is 35.4. The molecule has 0 aliphatic carbocycles. The third-order valence-electron chi connectivity index (χ3n) is 24.3. The van der Waals surface area contributed by atoms with Gasteiger partial charge >= 0.3 is 0 Å². The molecule has 0 saturated carbocycles. The van der Waals surface area contributed by atoms with Crippen molar-refractivity contribution in [1.29, 1.82) is 0 Å². The third kappa shape index (κ3) is 34.1. The number of anilines is 9. The summed E-state index contributed by atoms with van der Waals surface area (Å²) in [5, 5.41) is 0. The Morgan fingerprint density at radius 2 is 0.260 bits per heavy atom. The average molecular weight is 1930 g/mol. The predicted molar refractivity (Wildman–Crippen MR) is 655 cm³/mol. The van der Waals surface area contributed by atoms with Gasteiger partial charge in [0.15, 0.2) is 0 Å². The van der Waals surface area contributed by atoms with Gasteiger partial charge in [-0.05, 0) is 228 Å². The molecular formula is C146H121N3O. The van der Waals surface area contributed by atoms with Crippen molar-refractivity contribution in [3.8, 4) is 5.75 Å². The highest BCUT2D eigenvalue weighted by molar-refractivity contribution is 5.84. The topological polar surface area (TPSA) is 19.0 Å². The zero-order chi connectivity index (χ0) is 102. The Kier molecular flexibility index (Phi) is 39.8. The Labute approximate surface area is 887 Å². The average Bonchev–Trinajstić information content (AvgIpc) is 0.815. The van der Waals surface area contributed by atoms with E-state index < -0.39 is 0 Å². The summed E-state index contributed by atoms with van der Waals surface area (Å²) in [4.78, 5) is 6.90. The number of aryl methyl sites for hydroxylation is 1. The van der Waals surface area contributed by atoms with Crippen LogP contribution >= 0.6 is 0 Å². The van der Waals surface area contributed by atoms with Crippen LogP contribution in [0, 0.1) is 6.92 Å². The van der Waals surface area contributed by atoms with Crippen LogP contribution in [0.4, 0.5) is 51.2 Å². The van der Waals surface area contributed by atoms with Crippen LogP contribution in [0.25, 0.3) is 109 Å². The van der Waals surface area contributed by atoms with Gasteiger partial charge in [-0.25, -0.2) is 0 Å². The van der Waals surface area contributed by atoms with Crippen molar-refractivity contribution in [2.45, 2.75) is 6.92 Å². The van der Waals surface area contributed by atoms with E-state index in [2.05, 4.69) is 623 Å². The molecular weight excluding hydrogens is 1810 g/mol. The number of nitrogens with zero attached hydrogens (tertiary/aromatic N) is 3. The van der Waals surface area contributed by atoms with Crippen LogP contribution in [0.3, 0.4) is 0 Å². The summed E-state index contributed by atoms with van der Waals surface area (Å²) in [5.41, 5.74) is 32.0. The van der Waals surface area contributed by atoms with Gasteiger partial charge in [-0.2, -0.15) is 0 Å². The lowest BCUT2D eigenvalue weighted by molar-refractivity contribution is 0.414. The van der Waals surface area contributed by atoms with Gasteiger partial charge in [0.1, 0.15) is 5.75 Å². The smallest absolute Gasteiger partial charge is 0.119 e. The number of benzene rings is 18. The molecule has 0 radical (unpaired) electrons. The number of rotatable bonds is 37. The highest BCUT2D eigenvalue weighted by atomic mass is 16.5. The molecule has 0 aliphatic rings. The molecule has 150 heavy (non-hydrogen) atoms. The van der Waals surface area contributed by atoms with Crippen LogP contribution < -0.4 is 19.4 Å². The molecule has 18 rings (SSSR count). The van der Waals surface area contributed by atoms with Crippen molar-refractivity contribution in [2.75, 3.05) is 21.8 Å². The summed E-state index contributed by atoms with van der Waals surface area (Å²) in [6, 6.07) is 167. The lowest BCUT2D eigenvalue weighted by atomic mass is 10.1. The number of ether oxygens (including phenoxy) is 1. The first-order valence-electron chi connectivity index (χ1n) is 50.7. The zero-order valence-electron chi connectivity index (χ0n) is 84.6. The summed E-state index contributed by atoms with van der Waals surface area (Å²) < 4.78 is 5.34. The van der Waals surface area contributed by atoms with Crippen LogP contribution in [0.2, 0.25) is 0 Å². The van der Waals surface area contributed by atoms with E-state index in [1.165, 1.54) is 50.1 Å². The van der Waals surface area contributed by atoms with Gasteiger partial charge in [0, 0.05) is 51.2 Å². The molecule has 0 heterocycles. The van der Waals surface area contributed by atoms with Crippen LogP contribution in [0.15, 0.2) is 589 Å². The second kappa shape index (κ2) is 57.7. The fourth-order valence-electron chi connectivity index (χ4n) is 16.3. The summed E-state index contributed by atoms with van der Waals surface area (Å²) in [7, 11) is 1.69. The molecule has 0 fully saturated rings. The minimum atomic E-state index is 0.850. The Hall–Kier alpha value is -19.5. The fraction of sp³-hybridized carbons (Fsp3) is 0.0137. The molecule has 0 amide bonds. The van der Waals surface area contributed by atoms with Crippen LogP contribution in [0.1, 0.15) is 106 Å². The molecule has 0 spiro atoms. The van der Waals surface area contributed by atoms with Crippen LogP contribution in [-0.4, -0.2) is 7.11 Å². The minimum Gasteiger partial charge on any atom is -0.497 e. The van der Waals surface area contributed by atoms with E-state index >= 15 is 0 Å². The second-order valence-corrected chi connectivity index (χ2v) is 35.4. The van der Waals surface area contributed by atoms with Gasteiger partial charge in [-0.15, -0.1) is 0 Å². The Balaban J connectivity index is 0.000000161. The largest absolute Gasteiger partial charge is 0.497 e. The zero-order valence-corrected chi connectivity index (χ0v) is 84.6. The van der Waals surface area contributed by atoms with Gasteiger partial charge in [0.25, 0.3) is 0 Å². The van der Waals surface area contributed by atoms with E-state index in [4.69, 9.17) is 4.74 Å². The molecule has 18 aromatic carbocycles. The molecule has 0 N–H and O–H groups in total. The Morgan fingerprint density at radius 3 is 0.433 bits per heavy atom. The van der Waals surface area contributed by atoms with Crippen molar-refractivity contribution in [2.24, 2.45) is 0 Å². The maximum Gasteiger partial charge on any atom is 0.119 e. The standard InChI is InChI=1S/C53H45NO.C47H39N.C46H37N/c1-55-53-30-18-29-49(43-53)28-17-16-27-48-35-41-52(42-36-48)54(50-37-31-46(32-38-50)25-10-4-2-8-19-44-21-12-6-13-22-44)51-39-33-47(34-40-51)26-11-5-3-9-20-45-23-14-7-15-24-45;1-38-20-22-43(23-21-38)24-25-44-30-36-47(37-31-44)48(45-32-26-41(27-33-45)18-10-8-16-39-12-4-2-5-13-39)46-34-28-42(29-35-46)19-11-9-17-40-14-6-3-7-15-40;1-4-14-38(15-5-1)20-10-12-22-41-26-32-44(33-27-41)47(46-36-30-43(31-37-46)25-24-40-18-8-3-9-19-40)45-34-28-42(29-35-45)23-13-11-21-39-16-6-2-7-17-39/h2-43H,1H3;2-37H,1H3;1-37H/b4-2+,5-3+,19-8+,20-9+,25-10+,26-11+,27-16+,28-17+;16-8+,17-9+,18-10+,19-11+,25-24+;20-10+,21-11+,22-12+,23-13+,25-24+. The molecule has 0 atom stereocenters. The Morgan fingerprint density at radius 1 is 0.127 bits per heavy atom. The van der Waals surface area contributed by atoms with Crippen molar-refractivity contribution < 1.29 is 4.74 Å². The molecule has 0 bridgehead atoms. The van der Waals surface area contributed by atoms with Gasteiger partial charge in [0.05, 0.1) is 7.11 Å². The van der Waals surface area contributed by atoms with E-state index in [1.807, 2.05) is 97.1 Å². The summed E-state index contributed by atoms with van der Waals surface area (Å²) in [5.74, 6) is 0.850. The maximum atomic E-state index is 5.34. The van der Waals surface area contributed by atoms with E-state index in [9.17, 15) is 0 Å². The van der Waals surface area contributed by atoms with E-state index in [0.717, 1.165) is 113 Å². The molecule has 726 valence electrons. The summed E-state index contributed by atoms with van der Waals surface area (Å²) in [6.07, 6.45) is 75.5. The molecule has 0 unspecified atom stereocenters. The van der Waals surface area contributed by atoms with Crippen LogP contribution in [0.5, 0.6) is 5.75 Å². The molecule has 0 aliphatic heterocycles. The molecule has 4 heteroatoms. The molecule has 0 saturated heterocycles. The Bertz CT molecular complexity index is 7440. The molecule has 4 nitrogen and oxygen atoms in total. The number of hydrogen-bond donors (Lipinski definition) is 0.